The Morgan fingerprint density at radius 3 is 2.41 bits per heavy atom. The van der Waals surface area contributed by atoms with E-state index in [1.165, 1.54) is 11.1 Å². The van der Waals surface area contributed by atoms with Crippen LogP contribution in [0.15, 0.2) is 42.0 Å². The van der Waals surface area contributed by atoms with Crippen LogP contribution in [-0.4, -0.2) is 30.1 Å². The standard InChI is InChI=1S/C17H18F3NO/c18-17(19,20)15(22)21-11-16(12-21)8-6-14(7-9-16)10-13-4-2-1-3-5-13/h1-6H,7-12H2. The first-order valence-corrected chi connectivity index (χ1v) is 7.46. The lowest BCUT2D eigenvalue weighted by atomic mass is 9.69. The average Bonchev–Trinajstić information content (AvgIpc) is 2.45. The zero-order valence-electron chi connectivity index (χ0n) is 12.2. The molecule has 1 spiro atoms. The summed E-state index contributed by atoms with van der Waals surface area (Å²) in [5, 5.41) is 0. The van der Waals surface area contributed by atoms with Crippen LogP contribution in [0, 0.1) is 5.41 Å². The number of alkyl halides is 3. The van der Waals surface area contributed by atoms with Gasteiger partial charge in [-0.1, -0.05) is 42.0 Å². The topological polar surface area (TPSA) is 20.3 Å². The largest absolute Gasteiger partial charge is 0.471 e. The summed E-state index contributed by atoms with van der Waals surface area (Å²) in [6.07, 6.45) is 0.867. The van der Waals surface area contributed by atoms with Crippen molar-refractivity contribution in [1.82, 2.24) is 4.90 Å². The molecule has 3 rings (SSSR count). The van der Waals surface area contributed by atoms with E-state index >= 15 is 0 Å². The molecule has 0 bridgehead atoms. The maximum atomic E-state index is 12.4. The number of amides is 1. The minimum absolute atomic E-state index is 0.124. The number of rotatable bonds is 2. The Bertz CT molecular complexity index is 586. The van der Waals surface area contributed by atoms with Gasteiger partial charge in [-0.2, -0.15) is 13.2 Å². The number of halogens is 3. The third-order valence-corrected chi connectivity index (χ3v) is 4.66. The second-order valence-corrected chi connectivity index (χ2v) is 6.39. The van der Waals surface area contributed by atoms with Crippen LogP contribution in [0.1, 0.15) is 24.8 Å². The first-order chi connectivity index (χ1) is 10.4. The van der Waals surface area contributed by atoms with Gasteiger partial charge >= 0.3 is 12.1 Å². The number of allylic oxidation sites excluding steroid dienone is 2. The fourth-order valence-electron chi connectivity index (χ4n) is 3.38. The molecular formula is C17H18F3NO. The normalized spacial score (nSPS) is 20.5. The fourth-order valence-corrected chi connectivity index (χ4v) is 3.38. The lowest BCUT2D eigenvalue weighted by Gasteiger charge is -2.51. The van der Waals surface area contributed by atoms with E-state index in [9.17, 15) is 18.0 Å². The Hall–Kier alpha value is -1.78. The Morgan fingerprint density at radius 2 is 1.86 bits per heavy atom. The van der Waals surface area contributed by atoms with E-state index in [-0.39, 0.29) is 18.5 Å². The molecule has 1 amide bonds. The molecule has 0 N–H and O–H groups in total. The number of benzene rings is 1. The summed E-state index contributed by atoms with van der Waals surface area (Å²) < 4.78 is 37.1. The van der Waals surface area contributed by atoms with Gasteiger partial charge in [-0.05, 0) is 31.2 Å². The second kappa shape index (κ2) is 5.45. The van der Waals surface area contributed by atoms with Crippen LogP contribution in [0.5, 0.6) is 0 Å². The first kappa shape index (κ1) is 15.1. The van der Waals surface area contributed by atoms with Crippen LogP contribution in [0.3, 0.4) is 0 Å². The zero-order chi connectivity index (χ0) is 15.8. The van der Waals surface area contributed by atoms with Crippen molar-refractivity contribution < 1.29 is 18.0 Å². The van der Waals surface area contributed by atoms with Gasteiger partial charge in [0.1, 0.15) is 0 Å². The second-order valence-electron chi connectivity index (χ2n) is 6.39. The third kappa shape index (κ3) is 3.03. The van der Waals surface area contributed by atoms with Crippen LogP contribution < -0.4 is 0 Å². The highest BCUT2D eigenvalue weighted by Gasteiger charge is 2.52. The highest BCUT2D eigenvalue weighted by molar-refractivity contribution is 5.82. The summed E-state index contributed by atoms with van der Waals surface area (Å²) >= 11 is 0. The number of carbonyl (C=O) groups excluding carboxylic acids is 1. The molecule has 1 aliphatic carbocycles. The molecule has 1 aromatic rings. The highest BCUT2D eigenvalue weighted by Crippen LogP contribution is 2.44. The van der Waals surface area contributed by atoms with Gasteiger partial charge in [-0.3, -0.25) is 4.79 Å². The molecule has 2 aliphatic rings. The Kier molecular flexibility index (Phi) is 3.75. The van der Waals surface area contributed by atoms with Crippen LogP contribution in [-0.2, 0) is 11.2 Å². The molecule has 0 unspecified atom stereocenters. The van der Waals surface area contributed by atoms with Crippen molar-refractivity contribution >= 4 is 5.91 Å². The summed E-state index contributed by atoms with van der Waals surface area (Å²) in [5.41, 5.74) is 2.48. The Morgan fingerprint density at radius 1 is 1.18 bits per heavy atom. The van der Waals surface area contributed by atoms with Gasteiger partial charge in [0, 0.05) is 18.5 Å². The minimum Gasteiger partial charge on any atom is -0.334 e. The fraction of sp³-hybridized carbons (Fsp3) is 0.471. The monoisotopic (exact) mass is 309 g/mol. The number of nitrogens with zero attached hydrogens (tertiary/aromatic N) is 1. The quantitative estimate of drug-likeness (QED) is 0.762. The molecule has 22 heavy (non-hydrogen) atoms. The minimum atomic E-state index is -4.75. The van der Waals surface area contributed by atoms with E-state index in [0.29, 0.717) is 0 Å². The molecule has 1 heterocycles. The van der Waals surface area contributed by atoms with Crippen LogP contribution in [0.25, 0.3) is 0 Å². The Balaban J connectivity index is 1.55. The molecule has 1 aliphatic heterocycles. The third-order valence-electron chi connectivity index (χ3n) is 4.66. The number of carbonyl (C=O) groups is 1. The molecule has 5 heteroatoms. The molecule has 0 radical (unpaired) electrons. The predicted octanol–water partition coefficient (Wildman–Crippen LogP) is 3.73. The summed E-state index contributed by atoms with van der Waals surface area (Å²) in [4.78, 5) is 12.1. The van der Waals surface area contributed by atoms with Crippen molar-refractivity contribution in [2.24, 2.45) is 5.41 Å². The van der Waals surface area contributed by atoms with Crippen LogP contribution in [0.2, 0.25) is 0 Å². The van der Waals surface area contributed by atoms with Crippen molar-refractivity contribution in [2.45, 2.75) is 31.9 Å². The number of hydrogen-bond donors (Lipinski definition) is 0. The lowest BCUT2D eigenvalue weighted by Crippen LogP contribution is -2.61. The maximum Gasteiger partial charge on any atom is 0.471 e. The van der Waals surface area contributed by atoms with Crippen molar-refractivity contribution in [1.29, 1.82) is 0 Å². The molecule has 118 valence electrons. The van der Waals surface area contributed by atoms with E-state index in [4.69, 9.17) is 0 Å². The van der Waals surface area contributed by atoms with Crippen molar-refractivity contribution in [3.8, 4) is 0 Å². The highest BCUT2D eigenvalue weighted by atomic mass is 19.4. The van der Waals surface area contributed by atoms with Gasteiger partial charge in [0.05, 0.1) is 0 Å². The molecule has 1 aromatic carbocycles. The summed E-state index contributed by atoms with van der Waals surface area (Å²) in [7, 11) is 0. The van der Waals surface area contributed by atoms with Gasteiger partial charge in [0.2, 0.25) is 0 Å². The van der Waals surface area contributed by atoms with Crippen LogP contribution in [0.4, 0.5) is 13.2 Å². The molecule has 0 atom stereocenters. The smallest absolute Gasteiger partial charge is 0.334 e. The van der Waals surface area contributed by atoms with Gasteiger partial charge in [0.15, 0.2) is 0 Å². The zero-order valence-corrected chi connectivity index (χ0v) is 12.2. The van der Waals surface area contributed by atoms with Gasteiger partial charge in [0.25, 0.3) is 0 Å². The van der Waals surface area contributed by atoms with Crippen molar-refractivity contribution in [3.05, 3.63) is 47.5 Å². The molecule has 1 fully saturated rings. The summed E-state index contributed by atoms with van der Waals surface area (Å²) in [5.74, 6) is -1.70. The maximum absolute atomic E-state index is 12.4. The molecule has 2 nitrogen and oxygen atoms in total. The van der Waals surface area contributed by atoms with Gasteiger partial charge in [-0.25, -0.2) is 0 Å². The summed E-state index contributed by atoms with van der Waals surface area (Å²) in [6.45, 7) is 0.473. The van der Waals surface area contributed by atoms with E-state index < -0.39 is 12.1 Å². The number of likely N-dealkylation sites (tertiary alicyclic amines) is 1. The van der Waals surface area contributed by atoms with E-state index in [2.05, 4.69) is 18.2 Å². The SMILES string of the molecule is O=C(N1CC2(CC=C(Cc3ccccc3)CC2)C1)C(F)(F)F. The van der Waals surface area contributed by atoms with E-state index in [1.54, 1.807) is 0 Å². The molecular weight excluding hydrogens is 291 g/mol. The predicted molar refractivity (Wildman–Crippen MR) is 77.1 cm³/mol. The average molecular weight is 309 g/mol. The van der Waals surface area contributed by atoms with Gasteiger partial charge in [-0.15, -0.1) is 0 Å². The van der Waals surface area contributed by atoms with E-state index in [0.717, 1.165) is 30.6 Å². The molecule has 1 saturated heterocycles. The van der Waals surface area contributed by atoms with E-state index in [1.807, 2.05) is 18.2 Å². The van der Waals surface area contributed by atoms with Crippen molar-refractivity contribution in [2.75, 3.05) is 13.1 Å². The molecule has 0 saturated carbocycles. The first-order valence-electron chi connectivity index (χ1n) is 7.46. The molecule has 0 aromatic heterocycles. The Labute approximate surface area is 127 Å². The number of hydrogen-bond acceptors (Lipinski definition) is 1. The van der Waals surface area contributed by atoms with Gasteiger partial charge < -0.3 is 4.90 Å². The summed E-state index contributed by atoms with van der Waals surface area (Å²) in [6, 6.07) is 10.2. The lowest BCUT2D eigenvalue weighted by molar-refractivity contribution is -0.196. The van der Waals surface area contributed by atoms with Crippen molar-refractivity contribution in [3.63, 3.8) is 0 Å². The van der Waals surface area contributed by atoms with Crippen LogP contribution >= 0.6 is 0 Å².